The van der Waals surface area contributed by atoms with E-state index in [9.17, 15) is 0 Å². The minimum absolute atomic E-state index is 0.0738. The van der Waals surface area contributed by atoms with Crippen LogP contribution in [-0.4, -0.2) is 9.97 Å². The summed E-state index contributed by atoms with van der Waals surface area (Å²) in [6.07, 6.45) is 4.21. The Labute approximate surface area is 123 Å². The molecule has 0 radical (unpaired) electrons. The molecule has 3 rings (SSSR count). The smallest absolute Gasteiger partial charge is 0.0934 e. The molecule has 3 aromatic rings. The Balaban J connectivity index is 1.98. The maximum absolute atomic E-state index is 6.34. The van der Waals surface area contributed by atoms with Crippen LogP contribution < -0.4 is 5.73 Å². The van der Waals surface area contributed by atoms with E-state index in [0.717, 1.165) is 27.5 Å². The zero-order valence-electron chi connectivity index (χ0n) is 10.1. The van der Waals surface area contributed by atoms with E-state index in [1.807, 2.05) is 18.2 Å². The normalized spacial score (nSPS) is 12.7. The molecule has 1 aromatic carbocycles. The Bertz CT molecular complexity index is 705. The van der Waals surface area contributed by atoms with E-state index in [-0.39, 0.29) is 6.04 Å². The Morgan fingerprint density at radius 2 is 2.05 bits per heavy atom. The molecule has 0 amide bonds. The molecular weight excluding hydrogens is 322 g/mol. The van der Waals surface area contributed by atoms with Gasteiger partial charge >= 0.3 is 0 Å². The molecule has 0 spiro atoms. The van der Waals surface area contributed by atoms with E-state index in [0.29, 0.717) is 0 Å². The molecular formula is C14H12BrN3S. The molecule has 5 heteroatoms. The number of hydrogen-bond donors (Lipinski definition) is 1. The molecule has 1 unspecified atom stereocenters. The number of halogens is 1. The minimum Gasteiger partial charge on any atom is -0.324 e. The number of rotatable bonds is 3. The maximum Gasteiger partial charge on any atom is 0.0934 e. The van der Waals surface area contributed by atoms with E-state index in [2.05, 4.69) is 37.3 Å². The highest BCUT2D eigenvalue weighted by atomic mass is 79.9. The second-order valence-corrected chi connectivity index (χ2v) is 6.13. The SMILES string of the molecule is NC(Cc1sccc1Br)c1cccc2nccnc12. The van der Waals surface area contributed by atoms with Gasteiger partial charge in [-0.2, -0.15) is 0 Å². The molecule has 0 aliphatic heterocycles. The van der Waals surface area contributed by atoms with E-state index >= 15 is 0 Å². The van der Waals surface area contributed by atoms with Gasteiger partial charge in [-0.15, -0.1) is 11.3 Å². The monoisotopic (exact) mass is 333 g/mol. The Morgan fingerprint density at radius 1 is 1.21 bits per heavy atom. The highest BCUT2D eigenvalue weighted by Crippen LogP contribution is 2.29. The highest BCUT2D eigenvalue weighted by Gasteiger charge is 2.14. The molecule has 0 saturated carbocycles. The van der Waals surface area contributed by atoms with Gasteiger partial charge in [0.25, 0.3) is 0 Å². The summed E-state index contributed by atoms with van der Waals surface area (Å²) in [5.41, 5.74) is 9.17. The second-order valence-electron chi connectivity index (χ2n) is 4.27. The lowest BCUT2D eigenvalue weighted by molar-refractivity contribution is 0.733. The van der Waals surface area contributed by atoms with E-state index < -0.39 is 0 Å². The predicted molar refractivity (Wildman–Crippen MR) is 82.2 cm³/mol. The van der Waals surface area contributed by atoms with Crippen LogP contribution in [0.4, 0.5) is 0 Å². The van der Waals surface area contributed by atoms with Gasteiger partial charge in [-0.1, -0.05) is 12.1 Å². The van der Waals surface area contributed by atoms with Crippen molar-refractivity contribution < 1.29 is 0 Å². The molecule has 2 N–H and O–H groups in total. The molecule has 0 fully saturated rings. The number of hydrogen-bond acceptors (Lipinski definition) is 4. The molecule has 19 heavy (non-hydrogen) atoms. The fourth-order valence-electron chi connectivity index (χ4n) is 2.09. The summed E-state index contributed by atoms with van der Waals surface area (Å²) in [4.78, 5) is 9.98. The van der Waals surface area contributed by atoms with Crippen LogP contribution in [0.5, 0.6) is 0 Å². The number of fused-ring (bicyclic) bond motifs is 1. The third-order valence-electron chi connectivity index (χ3n) is 3.03. The number of nitrogens with two attached hydrogens (primary N) is 1. The van der Waals surface area contributed by atoms with Crippen molar-refractivity contribution >= 4 is 38.3 Å². The van der Waals surface area contributed by atoms with Crippen molar-refractivity contribution in [1.29, 1.82) is 0 Å². The summed E-state index contributed by atoms with van der Waals surface area (Å²) in [6, 6.07) is 7.95. The lowest BCUT2D eigenvalue weighted by atomic mass is 10.0. The van der Waals surface area contributed by atoms with Crippen molar-refractivity contribution in [2.24, 2.45) is 5.73 Å². The maximum atomic E-state index is 6.34. The van der Waals surface area contributed by atoms with Gasteiger partial charge in [-0.05, 0) is 39.0 Å². The number of para-hydroxylation sites is 1. The Kier molecular flexibility index (Phi) is 3.59. The second kappa shape index (κ2) is 5.36. The first kappa shape index (κ1) is 12.7. The first-order valence-electron chi connectivity index (χ1n) is 5.93. The van der Waals surface area contributed by atoms with Crippen molar-refractivity contribution in [3.05, 3.63) is 57.0 Å². The molecule has 3 nitrogen and oxygen atoms in total. The van der Waals surface area contributed by atoms with Crippen molar-refractivity contribution in [2.45, 2.75) is 12.5 Å². The van der Waals surface area contributed by atoms with Gasteiger partial charge < -0.3 is 5.73 Å². The number of benzene rings is 1. The summed E-state index contributed by atoms with van der Waals surface area (Å²) in [6.45, 7) is 0. The molecule has 96 valence electrons. The van der Waals surface area contributed by atoms with Gasteiger partial charge in [0.05, 0.1) is 11.0 Å². The van der Waals surface area contributed by atoms with Crippen LogP contribution in [0.3, 0.4) is 0 Å². The predicted octanol–water partition coefficient (Wildman–Crippen LogP) is 3.70. The van der Waals surface area contributed by atoms with Crippen LogP contribution in [0.1, 0.15) is 16.5 Å². The van der Waals surface area contributed by atoms with E-state index in [1.165, 1.54) is 4.88 Å². The molecule has 0 bridgehead atoms. The minimum atomic E-state index is -0.0738. The van der Waals surface area contributed by atoms with Crippen molar-refractivity contribution in [1.82, 2.24) is 9.97 Å². The molecule has 0 aliphatic carbocycles. The van der Waals surface area contributed by atoms with E-state index in [1.54, 1.807) is 23.7 Å². The Morgan fingerprint density at radius 3 is 2.84 bits per heavy atom. The lowest BCUT2D eigenvalue weighted by Gasteiger charge is -2.13. The fourth-order valence-corrected chi connectivity index (χ4v) is 3.67. The third-order valence-corrected chi connectivity index (χ3v) is 4.97. The van der Waals surface area contributed by atoms with Gasteiger partial charge in [0.15, 0.2) is 0 Å². The summed E-state index contributed by atoms with van der Waals surface area (Å²) in [7, 11) is 0. The van der Waals surface area contributed by atoms with Crippen LogP contribution in [0.2, 0.25) is 0 Å². The standard InChI is InChI=1S/C14H12BrN3S/c15-10-4-7-19-13(10)8-11(16)9-2-1-3-12-14(9)18-6-5-17-12/h1-7,11H,8,16H2. The lowest BCUT2D eigenvalue weighted by Crippen LogP contribution is -2.13. The fraction of sp³-hybridized carbons (Fsp3) is 0.143. The van der Waals surface area contributed by atoms with E-state index in [4.69, 9.17) is 5.73 Å². The van der Waals surface area contributed by atoms with Crippen molar-refractivity contribution in [3.8, 4) is 0 Å². The number of aromatic nitrogens is 2. The van der Waals surface area contributed by atoms with Crippen LogP contribution in [-0.2, 0) is 6.42 Å². The van der Waals surface area contributed by atoms with Crippen LogP contribution in [0.25, 0.3) is 11.0 Å². The quantitative estimate of drug-likeness (QED) is 0.795. The average molecular weight is 334 g/mol. The summed E-state index contributed by atoms with van der Waals surface area (Å²) < 4.78 is 1.12. The zero-order valence-corrected chi connectivity index (χ0v) is 12.5. The molecule has 0 saturated heterocycles. The average Bonchev–Trinajstić information content (AvgIpc) is 2.83. The molecule has 0 aliphatic rings. The van der Waals surface area contributed by atoms with Crippen molar-refractivity contribution in [3.63, 3.8) is 0 Å². The third kappa shape index (κ3) is 2.54. The van der Waals surface area contributed by atoms with Crippen LogP contribution in [0.15, 0.2) is 46.5 Å². The summed E-state index contributed by atoms with van der Waals surface area (Å²) >= 11 is 5.26. The van der Waals surface area contributed by atoms with Gasteiger partial charge in [-0.3, -0.25) is 9.97 Å². The van der Waals surface area contributed by atoms with Gasteiger partial charge in [0.1, 0.15) is 0 Å². The first-order valence-corrected chi connectivity index (χ1v) is 7.60. The molecule has 2 heterocycles. The van der Waals surface area contributed by atoms with Crippen LogP contribution in [0, 0.1) is 0 Å². The Hall–Kier alpha value is -1.30. The summed E-state index contributed by atoms with van der Waals surface area (Å²) in [5.74, 6) is 0. The highest BCUT2D eigenvalue weighted by molar-refractivity contribution is 9.10. The number of thiophene rings is 1. The molecule has 2 aromatic heterocycles. The van der Waals surface area contributed by atoms with Crippen LogP contribution >= 0.6 is 27.3 Å². The van der Waals surface area contributed by atoms with Gasteiger partial charge in [0.2, 0.25) is 0 Å². The number of nitrogens with zero attached hydrogens (tertiary/aromatic N) is 2. The summed E-state index contributed by atoms with van der Waals surface area (Å²) in [5, 5.41) is 2.06. The largest absolute Gasteiger partial charge is 0.324 e. The topological polar surface area (TPSA) is 51.8 Å². The molecule has 1 atom stereocenters. The van der Waals surface area contributed by atoms with Gasteiger partial charge in [0, 0.05) is 34.2 Å². The zero-order chi connectivity index (χ0) is 13.2. The van der Waals surface area contributed by atoms with Crippen molar-refractivity contribution in [2.75, 3.05) is 0 Å². The first-order chi connectivity index (χ1) is 9.25. The van der Waals surface area contributed by atoms with Gasteiger partial charge in [-0.25, -0.2) is 0 Å².